The molecule has 0 aromatic heterocycles. The number of carbonyl (C=O) groups is 1. The number of carbonyl (C=O) groups excluding carboxylic acids is 1. The van der Waals surface area contributed by atoms with Crippen LogP contribution in [0.15, 0.2) is 24.3 Å². The van der Waals surface area contributed by atoms with Gasteiger partial charge in [-0.05, 0) is 31.0 Å². The Morgan fingerprint density at radius 1 is 1.17 bits per heavy atom. The Hall–Kier alpha value is -1.60. The summed E-state index contributed by atoms with van der Waals surface area (Å²) in [5, 5.41) is 2.58. The Balaban J connectivity index is 1.60. The van der Waals surface area contributed by atoms with Gasteiger partial charge >= 0.3 is 6.18 Å². The molecule has 2 aliphatic rings. The van der Waals surface area contributed by atoms with Gasteiger partial charge in [0.2, 0.25) is 5.91 Å². The Morgan fingerprint density at radius 3 is 2.43 bits per heavy atom. The van der Waals surface area contributed by atoms with Crippen molar-refractivity contribution >= 4 is 11.6 Å². The van der Waals surface area contributed by atoms with E-state index < -0.39 is 17.5 Å². The second-order valence-corrected chi connectivity index (χ2v) is 5.95. The average molecular weight is 329 g/mol. The van der Waals surface area contributed by atoms with Gasteiger partial charge in [0, 0.05) is 24.4 Å². The second kappa shape index (κ2) is 6.13. The SMILES string of the molecule is O=C(Nc1cccc(C(F)(F)F)c1)C1CCC2(CC1)OCCO2. The summed E-state index contributed by atoms with van der Waals surface area (Å²) in [6.45, 7) is 1.14. The molecule has 1 aromatic rings. The summed E-state index contributed by atoms with van der Waals surface area (Å²) in [6, 6.07) is 4.68. The molecule has 0 radical (unpaired) electrons. The van der Waals surface area contributed by atoms with E-state index >= 15 is 0 Å². The lowest BCUT2D eigenvalue weighted by molar-refractivity contribution is -0.183. The highest BCUT2D eigenvalue weighted by Crippen LogP contribution is 2.38. The number of hydrogen-bond donors (Lipinski definition) is 1. The molecule has 1 N–H and O–H groups in total. The normalized spacial score (nSPS) is 21.5. The standard InChI is InChI=1S/C16H18F3NO3/c17-16(18,19)12-2-1-3-13(10-12)20-14(21)11-4-6-15(7-5-11)22-8-9-23-15/h1-3,10-11H,4-9H2,(H,20,21). The number of amides is 1. The molecule has 3 rings (SSSR count). The van der Waals surface area contributed by atoms with E-state index in [1.54, 1.807) is 0 Å². The van der Waals surface area contributed by atoms with E-state index in [9.17, 15) is 18.0 Å². The monoisotopic (exact) mass is 329 g/mol. The van der Waals surface area contributed by atoms with Gasteiger partial charge in [-0.25, -0.2) is 0 Å². The lowest BCUT2D eigenvalue weighted by Gasteiger charge is -2.34. The molecule has 0 atom stereocenters. The summed E-state index contributed by atoms with van der Waals surface area (Å²) in [7, 11) is 0. The minimum atomic E-state index is -4.42. The summed E-state index contributed by atoms with van der Waals surface area (Å²) in [5.41, 5.74) is -0.607. The molecule has 126 valence electrons. The summed E-state index contributed by atoms with van der Waals surface area (Å²) < 4.78 is 49.3. The van der Waals surface area contributed by atoms with E-state index in [1.165, 1.54) is 12.1 Å². The molecule has 1 amide bonds. The zero-order chi connectivity index (χ0) is 16.5. The molecule has 7 heteroatoms. The Labute approximate surface area is 132 Å². The average Bonchev–Trinajstić information content (AvgIpc) is 2.95. The molecular formula is C16H18F3NO3. The predicted molar refractivity (Wildman–Crippen MR) is 76.7 cm³/mol. The van der Waals surface area contributed by atoms with Crippen molar-refractivity contribution in [3.8, 4) is 0 Å². The van der Waals surface area contributed by atoms with E-state index in [4.69, 9.17) is 9.47 Å². The van der Waals surface area contributed by atoms with Gasteiger partial charge in [-0.2, -0.15) is 13.2 Å². The maximum atomic E-state index is 12.7. The number of alkyl halides is 3. The highest BCUT2D eigenvalue weighted by molar-refractivity contribution is 5.92. The van der Waals surface area contributed by atoms with Crippen LogP contribution < -0.4 is 5.32 Å². The fourth-order valence-electron chi connectivity index (χ4n) is 3.12. The predicted octanol–water partition coefficient (Wildman–Crippen LogP) is 3.58. The third-order valence-electron chi connectivity index (χ3n) is 4.39. The van der Waals surface area contributed by atoms with Crippen LogP contribution in [0.25, 0.3) is 0 Å². The first-order valence-electron chi connectivity index (χ1n) is 7.64. The summed E-state index contributed by atoms with van der Waals surface area (Å²) in [5.74, 6) is -1.03. The molecule has 1 saturated heterocycles. The van der Waals surface area contributed by atoms with Crippen LogP contribution in [0.1, 0.15) is 31.2 Å². The molecule has 1 heterocycles. The minimum Gasteiger partial charge on any atom is -0.348 e. The van der Waals surface area contributed by atoms with E-state index in [1.807, 2.05) is 0 Å². The van der Waals surface area contributed by atoms with Gasteiger partial charge in [0.15, 0.2) is 5.79 Å². The van der Waals surface area contributed by atoms with Gasteiger partial charge in [-0.1, -0.05) is 6.07 Å². The van der Waals surface area contributed by atoms with Crippen LogP contribution in [0, 0.1) is 5.92 Å². The molecule has 1 aliphatic carbocycles. The Kier molecular flexibility index (Phi) is 4.33. The van der Waals surface area contributed by atoms with E-state index in [0.717, 1.165) is 12.1 Å². The molecule has 0 bridgehead atoms. The lowest BCUT2D eigenvalue weighted by atomic mass is 9.84. The zero-order valence-electron chi connectivity index (χ0n) is 12.5. The smallest absolute Gasteiger partial charge is 0.348 e. The van der Waals surface area contributed by atoms with Crippen molar-refractivity contribution in [1.82, 2.24) is 0 Å². The molecule has 23 heavy (non-hydrogen) atoms. The number of benzene rings is 1. The fourth-order valence-corrected chi connectivity index (χ4v) is 3.12. The topological polar surface area (TPSA) is 47.6 Å². The number of nitrogens with one attached hydrogen (secondary N) is 1. The number of halogens is 3. The van der Waals surface area contributed by atoms with E-state index in [-0.39, 0.29) is 17.5 Å². The van der Waals surface area contributed by atoms with Gasteiger partial charge in [0.1, 0.15) is 0 Å². The van der Waals surface area contributed by atoms with Gasteiger partial charge in [-0.3, -0.25) is 4.79 Å². The van der Waals surface area contributed by atoms with Crippen LogP contribution >= 0.6 is 0 Å². The number of rotatable bonds is 2. The molecule has 1 saturated carbocycles. The second-order valence-electron chi connectivity index (χ2n) is 5.95. The van der Waals surface area contributed by atoms with Crippen LogP contribution in [-0.4, -0.2) is 24.9 Å². The van der Waals surface area contributed by atoms with E-state index in [0.29, 0.717) is 38.9 Å². The first kappa shape index (κ1) is 16.3. The number of ether oxygens (including phenoxy) is 2. The largest absolute Gasteiger partial charge is 0.416 e. The minimum absolute atomic E-state index is 0.165. The highest BCUT2D eigenvalue weighted by atomic mass is 19.4. The van der Waals surface area contributed by atoms with E-state index in [2.05, 4.69) is 5.32 Å². The third kappa shape index (κ3) is 3.67. The van der Waals surface area contributed by atoms with Crippen LogP contribution in [-0.2, 0) is 20.4 Å². The first-order valence-corrected chi connectivity index (χ1v) is 7.64. The summed E-state index contributed by atoms with van der Waals surface area (Å²) >= 11 is 0. The lowest BCUT2D eigenvalue weighted by Crippen LogP contribution is -2.38. The van der Waals surface area contributed by atoms with Crippen molar-refractivity contribution in [3.05, 3.63) is 29.8 Å². The van der Waals surface area contributed by atoms with Crippen molar-refractivity contribution in [1.29, 1.82) is 0 Å². The van der Waals surface area contributed by atoms with Gasteiger partial charge in [-0.15, -0.1) is 0 Å². The van der Waals surface area contributed by atoms with Gasteiger partial charge in [0.25, 0.3) is 0 Å². The number of hydrogen-bond acceptors (Lipinski definition) is 3. The highest BCUT2D eigenvalue weighted by Gasteiger charge is 2.41. The van der Waals surface area contributed by atoms with Crippen LogP contribution in [0.3, 0.4) is 0 Å². The zero-order valence-corrected chi connectivity index (χ0v) is 12.5. The van der Waals surface area contributed by atoms with Crippen molar-refractivity contribution in [3.63, 3.8) is 0 Å². The maximum Gasteiger partial charge on any atom is 0.416 e. The van der Waals surface area contributed by atoms with Crippen molar-refractivity contribution in [2.24, 2.45) is 5.92 Å². The number of anilines is 1. The van der Waals surface area contributed by atoms with Crippen LogP contribution in [0.5, 0.6) is 0 Å². The molecule has 1 spiro atoms. The quantitative estimate of drug-likeness (QED) is 0.902. The first-order chi connectivity index (χ1) is 10.9. The Morgan fingerprint density at radius 2 is 1.83 bits per heavy atom. The van der Waals surface area contributed by atoms with Crippen LogP contribution in [0.2, 0.25) is 0 Å². The summed E-state index contributed by atoms with van der Waals surface area (Å²) in [6.07, 6.45) is -1.95. The van der Waals surface area contributed by atoms with Crippen molar-refractivity contribution < 1.29 is 27.4 Å². The van der Waals surface area contributed by atoms with Crippen molar-refractivity contribution in [2.45, 2.75) is 37.6 Å². The molecule has 4 nitrogen and oxygen atoms in total. The summed E-state index contributed by atoms with van der Waals surface area (Å²) in [4.78, 5) is 12.3. The third-order valence-corrected chi connectivity index (χ3v) is 4.39. The van der Waals surface area contributed by atoms with Crippen molar-refractivity contribution in [2.75, 3.05) is 18.5 Å². The van der Waals surface area contributed by atoms with Crippen LogP contribution in [0.4, 0.5) is 18.9 Å². The molecule has 1 aliphatic heterocycles. The molecule has 1 aromatic carbocycles. The Bertz CT molecular complexity index is 572. The fraction of sp³-hybridized carbons (Fsp3) is 0.562. The van der Waals surface area contributed by atoms with Gasteiger partial charge in [0.05, 0.1) is 18.8 Å². The molecule has 2 fully saturated rings. The maximum absolute atomic E-state index is 12.7. The molecular weight excluding hydrogens is 311 g/mol. The van der Waals surface area contributed by atoms with Gasteiger partial charge < -0.3 is 14.8 Å². The molecule has 0 unspecified atom stereocenters.